The van der Waals surface area contributed by atoms with Crippen LogP contribution < -0.4 is 0 Å². The van der Waals surface area contributed by atoms with E-state index in [4.69, 9.17) is 0 Å². The maximum absolute atomic E-state index is 12.6. The van der Waals surface area contributed by atoms with Crippen LogP contribution in [0.1, 0.15) is 27.9 Å². The molecule has 0 bridgehead atoms. The summed E-state index contributed by atoms with van der Waals surface area (Å²) in [7, 11) is 0. The maximum Gasteiger partial charge on any atom is 0.416 e. The van der Waals surface area contributed by atoms with Crippen LogP contribution in [-0.4, -0.2) is 6.29 Å². The van der Waals surface area contributed by atoms with Crippen LogP contribution in [0.3, 0.4) is 0 Å². The zero-order chi connectivity index (χ0) is 15.6. The Labute approximate surface area is 117 Å². The molecule has 0 fully saturated rings. The predicted molar refractivity (Wildman–Crippen MR) is 67.2 cm³/mol. The Hall–Kier alpha value is -2.24. The van der Waals surface area contributed by atoms with Gasteiger partial charge < -0.3 is 0 Å². The van der Waals surface area contributed by atoms with Crippen molar-refractivity contribution in [3.63, 3.8) is 0 Å². The highest BCUT2D eigenvalue weighted by Gasteiger charge is 2.31. The molecule has 2 aromatic carbocycles. The maximum atomic E-state index is 12.6. The van der Waals surface area contributed by atoms with Gasteiger partial charge in [-0.25, -0.2) is 8.78 Å². The molecule has 2 rings (SSSR count). The number of alkyl halides is 5. The number of benzene rings is 2. The molecule has 0 N–H and O–H groups in total. The molecule has 0 radical (unpaired) electrons. The van der Waals surface area contributed by atoms with Crippen molar-refractivity contribution in [3.05, 3.63) is 59.2 Å². The first-order chi connectivity index (χ1) is 9.82. The molecule has 6 heteroatoms. The Bertz CT molecular complexity index is 644. The molecule has 0 spiro atoms. The van der Waals surface area contributed by atoms with E-state index in [1.54, 1.807) is 0 Å². The van der Waals surface area contributed by atoms with Crippen molar-refractivity contribution >= 4 is 6.29 Å². The van der Waals surface area contributed by atoms with Crippen LogP contribution in [0.25, 0.3) is 11.1 Å². The van der Waals surface area contributed by atoms with Gasteiger partial charge in [0.15, 0.2) is 6.29 Å². The third-order valence-corrected chi connectivity index (χ3v) is 2.98. The summed E-state index contributed by atoms with van der Waals surface area (Å²) in [5.41, 5.74) is -0.612. The van der Waals surface area contributed by atoms with E-state index in [0.717, 1.165) is 18.2 Å². The summed E-state index contributed by atoms with van der Waals surface area (Å²) < 4.78 is 62.6. The standard InChI is InChI=1S/C15H9F5O/c16-14(17)10-3-1-9(2-4-10)13-6-5-12(15(18,19)20)7-11(13)8-21/h1-8,14H. The van der Waals surface area contributed by atoms with Gasteiger partial charge in [0.05, 0.1) is 5.56 Å². The van der Waals surface area contributed by atoms with Crippen LogP contribution >= 0.6 is 0 Å². The molecular weight excluding hydrogens is 291 g/mol. The monoisotopic (exact) mass is 300 g/mol. The largest absolute Gasteiger partial charge is 0.416 e. The van der Waals surface area contributed by atoms with Crippen molar-refractivity contribution in [3.8, 4) is 11.1 Å². The van der Waals surface area contributed by atoms with E-state index in [-0.39, 0.29) is 16.7 Å². The number of carbonyl (C=O) groups excluding carboxylic acids is 1. The third kappa shape index (κ3) is 3.26. The van der Waals surface area contributed by atoms with E-state index in [2.05, 4.69) is 0 Å². The van der Waals surface area contributed by atoms with Gasteiger partial charge in [-0.2, -0.15) is 13.2 Å². The van der Waals surface area contributed by atoms with Gasteiger partial charge in [0.1, 0.15) is 0 Å². The van der Waals surface area contributed by atoms with Gasteiger partial charge in [-0.05, 0) is 23.3 Å². The smallest absolute Gasteiger partial charge is 0.298 e. The minimum absolute atomic E-state index is 0.144. The number of aldehydes is 1. The van der Waals surface area contributed by atoms with Gasteiger partial charge >= 0.3 is 6.18 Å². The fraction of sp³-hybridized carbons (Fsp3) is 0.133. The molecule has 0 aliphatic rings. The Morgan fingerprint density at radius 2 is 1.57 bits per heavy atom. The van der Waals surface area contributed by atoms with Gasteiger partial charge in [0, 0.05) is 11.1 Å². The number of hydrogen-bond donors (Lipinski definition) is 0. The molecule has 0 saturated heterocycles. The van der Waals surface area contributed by atoms with Crippen molar-refractivity contribution in [2.75, 3.05) is 0 Å². The second-order valence-corrected chi connectivity index (χ2v) is 4.34. The summed E-state index contributed by atoms with van der Waals surface area (Å²) in [6.45, 7) is 0. The highest BCUT2D eigenvalue weighted by Crippen LogP contribution is 2.33. The van der Waals surface area contributed by atoms with Crippen LogP contribution in [0.15, 0.2) is 42.5 Å². The molecule has 0 aliphatic heterocycles. The second-order valence-electron chi connectivity index (χ2n) is 4.34. The third-order valence-electron chi connectivity index (χ3n) is 2.98. The molecule has 0 atom stereocenters. The van der Waals surface area contributed by atoms with Gasteiger partial charge in [-0.15, -0.1) is 0 Å². The number of carbonyl (C=O) groups is 1. The van der Waals surface area contributed by atoms with Crippen LogP contribution in [0, 0.1) is 0 Å². The molecule has 1 nitrogen and oxygen atoms in total. The molecule has 2 aromatic rings. The van der Waals surface area contributed by atoms with Gasteiger partial charge in [0.25, 0.3) is 6.43 Å². The fourth-order valence-electron chi connectivity index (χ4n) is 1.91. The van der Waals surface area contributed by atoms with E-state index < -0.39 is 18.2 Å². The van der Waals surface area contributed by atoms with Gasteiger partial charge in [-0.1, -0.05) is 30.3 Å². The average molecular weight is 300 g/mol. The molecule has 0 amide bonds. The summed E-state index contributed by atoms with van der Waals surface area (Å²) in [5, 5.41) is 0. The Morgan fingerprint density at radius 3 is 2.05 bits per heavy atom. The highest BCUT2D eigenvalue weighted by atomic mass is 19.4. The minimum Gasteiger partial charge on any atom is -0.298 e. The lowest BCUT2D eigenvalue weighted by Gasteiger charge is -2.11. The SMILES string of the molecule is O=Cc1cc(C(F)(F)F)ccc1-c1ccc(C(F)F)cc1. The number of halogens is 5. The first-order valence-electron chi connectivity index (χ1n) is 5.88. The summed E-state index contributed by atoms with van der Waals surface area (Å²) in [6, 6.07) is 7.78. The zero-order valence-corrected chi connectivity index (χ0v) is 10.5. The summed E-state index contributed by atoms with van der Waals surface area (Å²) in [5.74, 6) is 0. The summed E-state index contributed by atoms with van der Waals surface area (Å²) in [4.78, 5) is 11.0. The van der Waals surface area contributed by atoms with Crippen molar-refractivity contribution in [2.24, 2.45) is 0 Å². The number of rotatable bonds is 3. The van der Waals surface area contributed by atoms with Gasteiger partial charge in [-0.3, -0.25) is 4.79 Å². The highest BCUT2D eigenvalue weighted by molar-refractivity contribution is 5.88. The van der Waals surface area contributed by atoms with E-state index in [1.165, 1.54) is 24.3 Å². The second kappa shape index (κ2) is 5.63. The number of hydrogen-bond acceptors (Lipinski definition) is 1. The topological polar surface area (TPSA) is 17.1 Å². The van der Waals surface area contributed by atoms with Crippen LogP contribution in [0.2, 0.25) is 0 Å². The quantitative estimate of drug-likeness (QED) is 0.568. The molecule has 0 heterocycles. The van der Waals surface area contributed by atoms with Gasteiger partial charge in [0.2, 0.25) is 0 Å². The summed E-state index contributed by atoms with van der Waals surface area (Å²) >= 11 is 0. The molecular formula is C15H9F5O. The molecule has 21 heavy (non-hydrogen) atoms. The van der Waals surface area contributed by atoms with E-state index in [0.29, 0.717) is 11.8 Å². The minimum atomic E-state index is -4.55. The molecule has 0 aromatic heterocycles. The lowest BCUT2D eigenvalue weighted by molar-refractivity contribution is -0.137. The Kier molecular flexibility index (Phi) is 4.06. The normalized spacial score (nSPS) is 11.7. The zero-order valence-electron chi connectivity index (χ0n) is 10.5. The predicted octanol–water partition coefficient (Wildman–Crippen LogP) is 5.12. The molecule has 110 valence electrons. The lowest BCUT2D eigenvalue weighted by Crippen LogP contribution is -2.05. The first-order valence-corrected chi connectivity index (χ1v) is 5.88. The van der Waals surface area contributed by atoms with E-state index >= 15 is 0 Å². The average Bonchev–Trinajstić information content (AvgIpc) is 2.45. The van der Waals surface area contributed by atoms with Crippen molar-refractivity contribution < 1.29 is 26.7 Å². The first kappa shape index (κ1) is 15.2. The Morgan fingerprint density at radius 1 is 0.952 bits per heavy atom. The molecule has 0 saturated carbocycles. The van der Waals surface area contributed by atoms with Crippen molar-refractivity contribution in [1.82, 2.24) is 0 Å². The van der Waals surface area contributed by atoms with Crippen LogP contribution in [0.5, 0.6) is 0 Å². The van der Waals surface area contributed by atoms with Crippen LogP contribution in [-0.2, 0) is 6.18 Å². The van der Waals surface area contributed by atoms with Crippen molar-refractivity contribution in [1.29, 1.82) is 0 Å². The van der Waals surface area contributed by atoms with E-state index in [9.17, 15) is 26.7 Å². The summed E-state index contributed by atoms with van der Waals surface area (Å²) in [6.07, 6.45) is -6.86. The fourth-order valence-corrected chi connectivity index (χ4v) is 1.91. The van der Waals surface area contributed by atoms with Crippen molar-refractivity contribution in [2.45, 2.75) is 12.6 Å². The Balaban J connectivity index is 2.46. The van der Waals surface area contributed by atoms with E-state index in [1.807, 2.05) is 0 Å². The molecule has 0 unspecified atom stereocenters. The van der Waals surface area contributed by atoms with Crippen LogP contribution in [0.4, 0.5) is 22.0 Å². The molecule has 0 aliphatic carbocycles. The lowest BCUT2D eigenvalue weighted by atomic mass is 9.97.